The maximum Gasteiger partial charge on any atom is 0.414 e. The van der Waals surface area contributed by atoms with Gasteiger partial charge in [-0.15, -0.1) is 0 Å². The van der Waals surface area contributed by atoms with Crippen LogP contribution in [0.25, 0.3) is 11.0 Å². The summed E-state index contributed by atoms with van der Waals surface area (Å²) in [5.74, 6) is -0.0396. The van der Waals surface area contributed by atoms with Gasteiger partial charge in [0.05, 0.1) is 9.95 Å². The number of amides is 1. The predicted molar refractivity (Wildman–Crippen MR) is 108 cm³/mol. The van der Waals surface area contributed by atoms with Crippen molar-refractivity contribution in [2.75, 3.05) is 14.1 Å². The fourth-order valence-electron chi connectivity index (χ4n) is 2.88. The van der Waals surface area contributed by atoms with Gasteiger partial charge in [0.2, 0.25) is 0 Å². The van der Waals surface area contributed by atoms with Gasteiger partial charge < -0.3 is 14.1 Å². The lowest BCUT2D eigenvalue weighted by atomic mass is 9.99. The van der Waals surface area contributed by atoms with Crippen LogP contribution < -0.4 is 10.4 Å². The van der Waals surface area contributed by atoms with Crippen LogP contribution in [0.4, 0.5) is 14.9 Å². The number of nitrogens with zero attached hydrogens (tertiary/aromatic N) is 2. The Bertz CT molecular complexity index is 1210. The largest absolute Gasteiger partial charge is 0.422 e. The molecule has 3 aromatic rings. The van der Waals surface area contributed by atoms with Crippen LogP contribution in [0, 0.1) is 10.1 Å². The molecule has 8 nitrogen and oxygen atoms in total. The summed E-state index contributed by atoms with van der Waals surface area (Å²) in [6.45, 7) is -0.987. The third kappa shape index (κ3) is 4.25. The average molecular weight is 435 g/mol. The molecule has 0 N–H and O–H groups in total. The van der Waals surface area contributed by atoms with Crippen LogP contribution in [0.5, 0.6) is 5.75 Å². The van der Waals surface area contributed by atoms with Crippen molar-refractivity contribution in [3.05, 3.63) is 78.6 Å². The highest BCUT2D eigenvalue weighted by Gasteiger charge is 2.19. The zero-order chi connectivity index (χ0) is 22.0. The van der Waals surface area contributed by atoms with Gasteiger partial charge in [0.25, 0.3) is 5.69 Å². The minimum atomic E-state index is -0.987. The topological polar surface area (TPSA) is 103 Å². The van der Waals surface area contributed by atoms with E-state index in [-0.39, 0.29) is 45.0 Å². The number of nitro benzene ring substituents is 1. The molecule has 1 amide bonds. The highest BCUT2D eigenvalue weighted by atomic mass is 35.5. The smallest absolute Gasteiger partial charge is 0.414 e. The van der Waals surface area contributed by atoms with Gasteiger partial charge in [0, 0.05) is 55.2 Å². The van der Waals surface area contributed by atoms with E-state index in [1.165, 1.54) is 49.3 Å². The number of rotatable bonds is 5. The van der Waals surface area contributed by atoms with Gasteiger partial charge in [-0.05, 0) is 11.6 Å². The Labute approximate surface area is 174 Å². The maximum absolute atomic E-state index is 13.9. The number of carbonyl (C=O) groups excluding carboxylic acids is 1. The van der Waals surface area contributed by atoms with E-state index in [1.54, 1.807) is 6.07 Å². The molecule has 0 aliphatic carbocycles. The Morgan fingerprint density at radius 1 is 1.27 bits per heavy atom. The molecule has 2 aromatic carbocycles. The number of hydrogen-bond acceptors (Lipinski definition) is 6. The molecule has 10 heteroatoms. The lowest BCUT2D eigenvalue weighted by Crippen LogP contribution is -2.25. The number of carbonyl (C=O) groups is 1. The molecule has 0 aliphatic rings. The van der Waals surface area contributed by atoms with Crippen LogP contribution in [0.1, 0.15) is 16.7 Å². The summed E-state index contributed by atoms with van der Waals surface area (Å²) in [5, 5.41) is 11.2. The van der Waals surface area contributed by atoms with E-state index in [9.17, 15) is 24.1 Å². The zero-order valence-corrected chi connectivity index (χ0v) is 16.7. The van der Waals surface area contributed by atoms with E-state index < -0.39 is 23.3 Å². The average Bonchev–Trinajstić information content (AvgIpc) is 2.70. The van der Waals surface area contributed by atoms with Gasteiger partial charge in [-0.25, -0.2) is 14.0 Å². The van der Waals surface area contributed by atoms with Crippen molar-refractivity contribution in [2.24, 2.45) is 0 Å². The Balaban J connectivity index is 2.10. The quantitative estimate of drug-likeness (QED) is 0.333. The van der Waals surface area contributed by atoms with Gasteiger partial charge >= 0.3 is 11.7 Å². The van der Waals surface area contributed by atoms with Crippen molar-refractivity contribution in [1.82, 2.24) is 4.90 Å². The predicted octanol–water partition coefficient (Wildman–Crippen LogP) is 4.48. The third-order valence-corrected chi connectivity index (χ3v) is 4.67. The first-order chi connectivity index (χ1) is 14.2. The molecule has 0 atom stereocenters. The number of halogens is 2. The Morgan fingerprint density at radius 3 is 2.63 bits per heavy atom. The summed E-state index contributed by atoms with van der Waals surface area (Å²) in [7, 11) is 2.97. The van der Waals surface area contributed by atoms with Crippen LogP contribution >= 0.6 is 11.6 Å². The second-order valence-electron chi connectivity index (χ2n) is 6.63. The summed E-state index contributed by atoms with van der Waals surface area (Å²) < 4.78 is 24.4. The van der Waals surface area contributed by atoms with Crippen molar-refractivity contribution in [3.8, 4) is 5.75 Å². The van der Waals surface area contributed by atoms with Gasteiger partial charge in [-0.2, -0.15) is 0 Å². The minimum absolute atomic E-state index is 0.00129. The summed E-state index contributed by atoms with van der Waals surface area (Å²) in [6, 6.07) is 8.30. The lowest BCUT2D eigenvalue weighted by Gasteiger charge is -2.14. The third-order valence-electron chi connectivity index (χ3n) is 4.37. The van der Waals surface area contributed by atoms with E-state index in [0.29, 0.717) is 5.56 Å². The second kappa shape index (κ2) is 8.50. The zero-order valence-electron chi connectivity index (χ0n) is 16.0. The molecule has 3 rings (SSSR count). The van der Waals surface area contributed by atoms with E-state index in [0.717, 1.165) is 0 Å². The van der Waals surface area contributed by atoms with E-state index in [4.69, 9.17) is 20.8 Å². The molecule has 156 valence electrons. The standard InChI is InChI=1S/C20H16ClFN2O6/c1-23(2)20(26)30-18-9-17-13(8-16(18)21)15(10-22)14(19(25)29-17)7-11-4-3-5-12(6-11)24(27)28/h3-6,8-9H,7,10H2,1-2H3. The Hall–Kier alpha value is -3.46. The van der Waals surface area contributed by atoms with E-state index in [1.807, 2.05) is 0 Å². The van der Waals surface area contributed by atoms with Gasteiger partial charge in [-0.3, -0.25) is 10.1 Å². The molecule has 0 radical (unpaired) electrons. The van der Waals surface area contributed by atoms with Crippen molar-refractivity contribution < 1.29 is 23.3 Å². The fourth-order valence-corrected chi connectivity index (χ4v) is 3.08. The number of ether oxygens (including phenoxy) is 1. The number of benzene rings is 2. The number of fused-ring (bicyclic) bond motifs is 1. The molecule has 30 heavy (non-hydrogen) atoms. The molecular weight excluding hydrogens is 419 g/mol. The molecule has 0 bridgehead atoms. The second-order valence-corrected chi connectivity index (χ2v) is 7.03. The normalized spacial score (nSPS) is 10.8. The van der Waals surface area contributed by atoms with Gasteiger partial charge in [-0.1, -0.05) is 23.7 Å². The summed E-state index contributed by atoms with van der Waals surface area (Å²) in [5.41, 5.74) is -0.405. The lowest BCUT2D eigenvalue weighted by molar-refractivity contribution is -0.384. The van der Waals surface area contributed by atoms with Gasteiger partial charge in [0.15, 0.2) is 5.75 Å². The van der Waals surface area contributed by atoms with Crippen molar-refractivity contribution >= 4 is 34.4 Å². The van der Waals surface area contributed by atoms with Crippen LogP contribution in [0.2, 0.25) is 5.02 Å². The van der Waals surface area contributed by atoms with Crippen LogP contribution in [-0.4, -0.2) is 30.0 Å². The number of non-ortho nitro benzene ring substituents is 1. The number of hydrogen-bond donors (Lipinski definition) is 0. The molecule has 1 heterocycles. The van der Waals surface area contributed by atoms with E-state index >= 15 is 0 Å². The molecular formula is C20H16ClFN2O6. The number of alkyl halides is 1. The minimum Gasteiger partial charge on any atom is -0.422 e. The molecule has 0 aliphatic heterocycles. The molecule has 1 aromatic heterocycles. The van der Waals surface area contributed by atoms with Crippen LogP contribution in [0.15, 0.2) is 45.6 Å². The Kier molecular flexibility index (Phi) is 6.02. The first-order valence-corrected chi connectivity index (χ1v) is 9.05. The van der Waals surface area contributed by atoms with Gasteiger partial charge in [0.1, 0.15) is 12.3 Å². The van der Waals surface area contributed by atoms with Crippen molar-refractivity contribution in [3.63, 3.8) is 0 Å². The fraction of sp³-hybridized carbons (Fsp3) is 0.200. The molecule has 0 spiro atoms. The molecule has 0 saturated carbocycles. The molecule has 0 fully saturated rings. The first-order valence-electron chi connectivity index (χ1n) is 8.67. The highest BCUT2D eigenvalue weighted by Crippen LogP contribution is 2.33. The van der Waals surface area contributed by atoms with Crippen LogP contribution in [-0.2, 0) is 13.1 Å². The highest BCUT2D eigenvalue weighted by molar-refractivity contribution is 6.33. The van der Waals surface area contributed by atoms with Crippen molar-refractivity contribution in [1.29, 1.82) is 0 Å². The molecule has 0 saturated heterocycles. The first kappa shape index (κ1) is 21.3. The van der Waals surface area contributed by atoms with Crippen LogP contribution in [0.3, 0.4) is 0 Å². The summed E-state index contributed by atoms with van der Waals surface area (Å²) in [6.07, 6.45) is -0.750. The van der Waals surface area contributed by atoms with Crippen molar-refractivity contribution in [2.45, 2.75) is 13.1 Å². The number of nitro groups is 1. The SMILES string of the molecule is CN(C)C(=O)Oc1cc2oc(=O)c(Cc3cccc([N+](=O)[O-])c3)c(CF)c2cc1Cl. The van der Waals surface area contributed by atoms with E-state index in [2.05, 4.69) is 0 Å². The summed E-state index contributed by atoms with van der Waals surface area (Å²) in [4.78, 5) is 35.9. The molecule has 0 unspecified atom stereocenters. The Morgan fingerprint density at radius 2 is 2.00 bits per heavy atom. The summed E-state index contributed by atoms with van der Waals surface area (Å²) >= 11 is 6.18. The monoisotopic (exact) mass is 434 g/mol. The maximum atomic E-state index is 13.9.